The molecule has 1 aliphatic heterocycles. The first-order valence-electron chi connectivity index (χ1n) is 7.82. The van der Waals surface area contributed by atoms with E-state index in [1.54, 1.807) is 0 Å². The van der Waals surface area contributed by atoms with Crippen molar-refractivity contribution in [2.24, 2.45) is 5.41 Å². The van der Waals surface area contributed by atoms with Crippen molar-refractivity contribution >= 4 is 11.6 Å². The van der Waals surface area contributed by atoms with Crippen LogP contribution >= 0.6 is 0 Å². The Kier molecular flexibility index (Phi) is 3.68. The number of amides is 1. The number of rotatable bonds is 6. The smallest absolute Gasteiger partial charge is 0.220 e. The van der Waals surface area contributed by atoms with E-state index in [-0.39, 0.29) is 5.91 Å². The van der Waals surface area contributed by atoms with E-state index in [2.05, 4.69) is 35.8 Å². The van der Waals surface area contributed by atoms with E-state index in [0.29, 0.717) is 17.8 Å². The average Bonchev–Trinajstić information content (AvgIpc) is 3.11. The van der Waals surface area contributed by atoms with E-state index < -0.39 is 0 Å². The summed E-state index contributed by atoms with van der Waals surface area (Å²) >= 11 is 0. The third kappa shape index (κ3) is 2.82. The Morgan fingerprint density at radius 2 is 2.20 bits per heavy atom. The maximum atomic E-state index is 12.1. The number of fused-ring (bicyclic) bond motifs is 1. The molecule has 20 heavy (non-hydrogen) atoms. The van der Waals surface area contributed by atoms with Gasteiger partial charge in [-0.05, 0) is 36.3 Å². The fraction of sp³-hybridized carbons (Fsp3) is 0.588. The van der Waals surface area contributed by atoms with Gasteiger partial charge in [0.05, 0.1) is 0 Å². The molecule has 0 bridgehead atoms. The predicted octanol–water partition coefficient (Wildman–Crippen LogP) is 3.28. The number of anilines is 1. The summed E-state index contributed by atoms with van der Waals surface area (Å²) in [5, 5.41) is 6.54. The van der Waals surface area contributed by atoms with Gasteiger partial charge >= 0.3 is 0 Å². The van der Waals surface area contributed by atoms with Gasteiger partial charge in [-0.1, -0.05) is 31.5 Å². The van der Waals surface area contributed by atoms with Crippen molar-refractivity contribution in [3.05, 3.63) is 29.8 Å². The van der Waals surface area contributed by atoms with Gasteiger partial charge in [-0.2, -0.15) is 0 Å². The fourth-order valence-corrected chi connectivity index (χ4v) is 3.34. The van der Waals surface area contributed by atoms with Crippen molar-refractivity contribution in [1.82, 2.24) is 5.32 Å². The second kappa shape index (κ2) is 5.47. The minimum Gasteiger partial charge on any atom is -0.384 e. The topological polar surface area (TPSA) is 41.1 Å². The molecule has 0 aromatic heterocycles. The number of benzene rings is 1. The molecule has 1 aromatic carbocycles. The number of hydrogen-bond acceptors (Lipinski definition) is 2. The average molecular weight is 272 g/mol. The zero-order valence-electron chi connectivity index (χ0n) is 12.2. The molecule has 0 radical (unpaired) electrons. The van der Waals surface area contributed by atoms with E-state index in [9.17, 15) is 4.79 Å². The lowest BCUT2D eigenvalue weighted by Gasteiger charge is -2.16. The Labute approximate surface area is 121 Å². The van der Waals surface area contributed by atoms with Crippen LogP contribution in [0.4, 0.5) is 5.69 Å². The summed E-state index contributed by atoms with van der Waals surface area (Å²) in [6.07, 6.45) is 5.65. The lowest BCUT2D eigenvalue weighted by Crippen LogP contribution is -2.31. The van der Waals surface area contributed by atoms with Gasteiger partial charge < -0.3 is 10.6 Å². The van der Waals surface area contributed by atoms with Gasteiger partial charge in [0.15, 0.2) is 0 Å². The number of nitrogens with one attached hydrogen (secondary N) is 2. The number of para-hydroxylation sites is 1. The molecule has 108 valence electrons. The molecule has 3 rings (SSSR count). The van der Waals surface area contributed by atoms with Crippen molar-refractivity contribution in [2.75, 3.05) is 18.4 Å². The molecular formula is C17H24N2O. The summed E-state index contributed by atoms with van der Waals surface area (Å²) in [7, 11) is 0. The van der Waals surface area contributed by atoms with Gasteiger partial charge in [-0.15, -0.1) is 0 Å². The highest BCUT2D eigenvalue weighted by Crippen LogP contribution is 2.49. The minimum atomic E-state index is 0.205. The lowest BCUT2D eigenvalue weighted by atomic mass is 9.97. The fourth-order valence-electron chi connectivity index (χ4n) is 3.34. The van der Waals surface area contributed by atoms with Gasteiger partial charge in [0.25, 0.3) is 0 Å². The Morgan fingerprint density at radius 3 is 2.95 bits per heavy atom. The minimum absolute atomic E-state index is 0.205. The molecule has 0 spiro atoms. The van der Waals surface area contributed by atoms with Crippen LogP contribution in [0.15, 0.2) is 24.3 Å². The van der Waals surface area contributed by atoms with E-state index in [4.69, 9.17) is 0 Å². The largest absolute Gasteiger partial charge is 0.384 e. The van der Waals surface area contributed by atoms with E-state index in [1.165, 1.54) is 36.9 Å². The quantitative estimate of drug-likeness (QED) is 0.834. The number of carbonyl (C=O) groups is 1. The van der Waals surface area contributed by atoms with Crippen LogP contribution in [-0.4, -0.2) is 19.0 Å². The summed E-state index contributed by atoms with van der Waals surface area (Å²) in [5.74, 6) is 0.531. The second-order valence-corrected chi connectivity index (χ2v) is 6.40. The van der Waals surface area contributed by atoms with Crippen molar-refractivity contribution in [3.8, 4) is 0 Å². The van der Waals surface area contributed by atoms with Gasteiger partial charge in [-0.25, -0.2) is 0 Å². The van der Waals surface area contributed by atoms with Crippen molar-refractivity contribution in [3.63, 3.8) is 0 Å². The Balaban J connectivity index is 1.51. The zero-order valence-corrected chi connectivity index (χ0v) is 12.2. The first-order valence-corrected chi connectivity index (χ1v) is 7.82. The van der Waals surface area contributed by atoms with Gasteiger partial charge in [-0.3, -0.25) is 4.79 Å². The van der Waals surface area contributed by atoms with Crippen LogP contribution in [0.2, 0.25) is 0 Å². The first-order chi connectivity index (χ1) is 9.72. The molecule has 3 nitrogen and oxygen atoms in total. The Hall–Kier alpha value is -1.51. The molecule has 3 heteroatoms. The van der Waals surface area contributed by atoms with Crippen molar-refractivity contribution in [2.45, 2.75) is 44.9 Å². The summed E-state index contributed by atoms with van der Waals surface area (Å²) in [6, 6.07) is 8.31. The molecule has 0 saturated heterocycles. The highest BCUT2D eigenvalue weighted by atomic mass is 16.1. The molecule has 1 fully saturated rings. The third-order valence-corrected chi connectivity index (χ3v) is 4.77. The third-order valence-electron chi connectivity index (χ3n) is 4.77. The van der Waals surface area contributed by atoms with E-state index in [1.807, 2.05) is 6.07 Å². The summed E-state index contributed by atoms with van der Waals surface area (Å²) < 4.78 is 0. The molecule has 1 heterocycles. The van der Waals surface area contributed by atoms with Crippen molar-refractivity contribution < 1.29 is 4.79 Å². The Bertz CT molecular complexity index is 494. The standard InChI is InChI=1S/C17H24N2O/c1-2-7-17(8-9-17)12-19-16(20)10-13-11-18-15-6-4-3-5-14(13)15/h3-6,13,18H,2,7-12H2,1H3,(H,19,20). The van der Waals surface area contributed by atoms with Crippen LogP contribution in [0.5, 0.6) is 0 Å². The lowest BCUT2D eigenvalue weighted by molar-refractivity contribution is -0.121. The van der Waals surface area contributed by atoms with Gasteiger partial charge in [0.2, 0.25) is 5.91 Å². The molecule has 1 amide bonds. The van der Waals surface area contributed by atoms with E-state index in [0.717, 1.165) is 13.1 Å². The molecule has 1 unspecified atom stereocenters. The van der Waals surface area contributed by atoms with Crippen LogP contribution in [0.3, 0.4) is 0 Å². The van der Waals surface area contributed by atoms with Crippen LogP contribution in [-0.2, 0) is 4.79 Å². The zero-order chi connectivity index (χ0) is 14.0. The Morgan fingerprint density at radius 1 is 1.40 bits per heavy atom. The molecule has 2 N–H and O–H groups in total. The SMILES string of the molecule is CCCC1(CNC(=O)CC2CNc3ccccc32)CC1. The molecule has 1 saturated carbocycles. The van der Waals surface area contributed by atoms with Crippen LogP contribution in [0, 0.1) is 5.41 Å². The van der Waals surface area contributed by atoms with Crippen LogP contribution in [0.1, 0.15) is 50.5 Å². The maximum absolute atomic E-state index is 12.1. The second-order valence-electron chi connectivity index (χ2n) is 6.40. The number of carbonyl (C=O) groups excluding carboxylic acids is 1. The van der Waals surface area contributed by atoms with Gasteiger partial charge in [0.1, 0.15) is 0 Å². The van der Waals surface area contributed by atoms with Crippen LogP contribution < -0.4 is 10.6 Å². The summed E-state index contributed by atoms with van der Waals surface area (Å²) in [6.45, 7) is 3.98. The summed E-state index contributed by atoms with van der Waals surface area (Å²) in [4.78, 5) is 12.1. The summed E-state index contributed by atoms with van der Waals surface area (Å²) in [5.41, 5.74) is 2.92. The molecule has 1 aromatic rings. The molecule has 1 atom stereocenters. The normalized spacial score (nSPS) is 21.9. The highest BCUT2D eigenvalue weighted by Gasteiger charge is 2.41. The van der Waals surface area contributed by atoms with E-state index >= 15 is 0 Å². The highest BCUT2D eigenvalue weighted by molar-refractivity contribution is 5.78. The maximum Gasteiger partial charge on any atom is 0.220 e. The predicted molar refractivity (Wildman–Crippen MR) is 81.9 cm³/mol. The monoisotopic (exact) mass is 272 g/mol. The first kappa shape index (κ1) is 13.5. The van der Waals surface area contributed by atoms with Crippen molar-refractivity contribution in [1.29, 1.82) is 0 Å². The molecule has 2 aliphatic rings. The molecular weight excluding hydrogens is 248 g/mol. The number of hydrogen-bond donors (Lipinski definition) is 2. The molecule has 1 aliphatic carbocycles. The van der Waals surface area contributed by atoms with Crippen LogP contribution in [0.25, 0.3) is 0 Å². The van der Waals surface area contributed by atoms with Gasteiger partial charge in [0, 0.05) is 31.1 Å².